The molecule has 0 bridgehead atoms. The number of carboxylic acids is 1. The first-order chi connectivity index (χ1) is 13.3. The molecular weight excluding hydrogens is 378 g/mol. The van der Waals surface area contributed by atoms with Gasteiger partial charge < -0.3 is 9.84 Å². The van der Waals surface area contributed by atoms with Crippen molar-refractivity contribution in [3.63, 3.8) is 0 Å². The molecule has 3 unspecified atom stereocenters. The molecule has 0 aromatic heterocycles. The molecule has 0 saturated heterocycles. The summed E-state index contributed by atoms with van der Waals surface area (Å²) in [5.74, 6) is -0.470. The summed E-state index contributed by atoms with van der Waals surface area (Å²) in [5, 5.41) is 8.88. The maximum absolute atomic E-state index is 12.8. The lowest BCUT2D eigenvalue weighted by atomic mass is 9.93. The zero-order valence-electron chi connectivity index (χ0n) is 15.3. The molecule has 146 valence electrons. The van der Waals surface area contributed by atoms with E-state index in [4.69, 9.17) is 9.84 Å². The predicted molar refractivity (Wildman–Crippen MR) is 105 cm³/mol. The average Bonchev–Trinajstić information content (AvgIpc) is 3.20. The highest BCUT2D eigenvalue weighted by molar-refractivity contribution is 7.89. The molecule has 1 aliphatic heterocycles. The van der Waals surface area contributed by atoms with Crippen molar-refractivity contribution < 1.29 is 23.1 Å². The van der Waals surface area contributed by atoms with Gasteiger partial charge in [0.2, 0.25) is 10.0 Å². The zero-order chi connectivity index (χ0) is 19.9. The van der Waals surface area contributed by atoms with E-state index < -0.39 is 16.0 Å². The van der Waals surface area contributed by atoms with Crippen LogP contribution in [0.5, 0.6) is 5.75 Å². The van der Waals surface area contributed by atoms with Gasteiger partial charge in [0.15, 0.2) is 0 Å². The van der Waals surface area contributed by atoms with Crippen molar-refractivity contribution in [1.29, 1.82) is 0 Å². The molecule has 1 fully saturated rings. The van der Waals surface area contributed by atoms with Crippen LogP contribution >= 0.6 is 0 Å². The molecule has 28 heavy (non-hydrogen) atoms. The van der Waals surface area contributed by atoms with Gasteiger partial charge in [-0.25, -0.2) is 17.9 Å². The van der Waals surface area contributed by atoms with Gasteiger partial charge in [-0.2, -0.15) is 0 Å². The number of fused-ring (bicyclic) bond motifs is 3. The number of sulfonamides is 1. The van der Waals surface area contributed by atoms with E-state index >= 15 is 0 Å². The molecule has 2 aliphatic rings. The number of ether oxygens (including phenoxy) is 1. The summed E-state index contributed by atoms with van der Waals surface area (Å²) in [6.07, 6.45) is 3.90. The van der Waals surface area contributed by atoms with Gasteiger partial charge in [0.05, 0.1) is 4.90 Å². The standard InChI is InChI=1S/C21H21NO5S/c1-13-5-8-15(9-6-13)28(25,26)22-17-10-11-18-20(17)16-4-2-3-14(21(16)27-18)7-12-19(23)24/h2-9,12,17-18,20,22H,10-11H2,1H3,(H,23,24). The van der Waals surface area contributed by atoms with Crippen LogP contribution in [0.15, 0.2) is 53.4 Å². The van der Waals surface area contributed by atoms with E-state index in [1.54, 1.807) is 30.3 Å². The first-order valence-electron chi connectivity index (χ1n) is 9.15. The predicted octanol–water partition coefficient (Wildman–Crippen LogP) is 3.08. The number of benzene rings is 2. The fourth-order valence-electron chi connectivity index (χ4n) is 4.04. The minimum atomic E-state index is -3.63. The molecule has 7 heteroatoms. The van der Waals surface area contributed by atoms with Crippen molar-refractivity contribution in [2.24, 2.45) is 0 Å². The van der Waals surface area contributed by atoms with Crippen LogP contribution in [0.2, 0.25) is 0 Å². The molecule has 0 amide bonds. The highest BCUT2D eigenvalue weighted by atomic mass is 32.2. The smallest absolute Gasteiger partial charge is 0.328 e. The maximum Gasteiger partial charge on any atom is 0.328 e. The Kier molecular flexibility index (Phi) is 4.72. The summed E-state index contributed by atoms with van der Waals surface area (Å²) in [5.41, 5.74) is 2.61. The second-order valence-electron chi connectivity index (χ2n) is 7.24. The fourth-order valence-corrected chi connectivity index (χ4v) is 5.34. The topological polar surface area (TPSA) is 92.7 Å². The molecule has 4 rings (SSSR count). The minimum absolute atomic E-state index is 0.0894. The van der Waals surface area contributed by atoms with Crippen LogP contribution in [0.4, 0.5) is 0 Å². The first kappa shape index (κ1) is 18.7. The molecular formula is C21H21NO5S. The van der Waals surface area contributed by atoms with Crippen LogP contribution in [0, 0.1) is 6.92 Å². The van der Waals surface area contributed by atoms with E-state index in [0.717, 1.165) is 23.6 Å². The Morgan fingerprint density at radius 2 is 1.93 bits per heavy atom. The Morgan fingerprint density at radius 1 is 1.18 bits per heavy atom. The highest BCUT2D eigenvalue weighted by Crippen LogP contribution is 2.49. The number of nitrogens with one attached hydrogen (secondary N) is 1. The Hall–Kier alpha value is -2.64. The summed E-state index contributed by atoms with van der Waals surface area (Å²) in [6, 6.07) is 12.1. The fraction of sp³-hybridized carbons (Fsp3) is 0.286. The monoisotopic (exact) mass is 399 g/mol. The van der Waals surface area contributed by atoms with Crippen LogP contribution in [-0.4, -0.2) is 31.6 Å². The number of rotatable bonds is 5. The van der Waals surface area contributed by atoms with E-state index in [0.29, 0.717) is 17.7 Å². The van der Waals surface area contributed by atoms with E-state index in [9.17, 15) is 13.2 Å². The van der Waals surface area contributed by atoms with Gasteiger partial charge in [-0.3, -0.25) is 0 Å². The van der Waals surface area contributed by atoms with Crippen molar-refractivity contribution in [1.82, 2.24) is 4.72 Å². The summed E-state index contributed by atoms with van der Waals surface area (Å²) in [4.78, 5) is 11.1. The quantitative estimate of drug-likeness (QED) is 0.754. The third kappa shape index (κ3) is 3.43. The lowest BCUT2D eigenvalue weighted by Crippen LogP contribution is -2.37. The van der Waals surface area contributed by atoms with Crippen LogP contribution in [-0.2, 0) is 14.8 Å². The van der Waals surface area contributed by atoms with E-state index in [1.807, 2.05) is 19.1 Å². The first-order valence-corrected chi connectivity index (χ1v) is 10.6. The van der Waals surface area contributed by atoms with Gasteiger partial charge in [0.25, 0.3) is 0 Å². The second-order valence-corrected chi connectivity index (χ2v) is 8.95. The number of aryl methyl sites for hydroxylation is 1. The molecule has 3 atom stereocenters. The Balaban J connectivity index is 1.62. The van der Waals surface area contributed by atoms with Gasteiger partial charge in [-0.05, 0) is 38.0 Å². The number of carboxylic acid groups (broad SMARTS) is 1. The van der Waals surface area contributed by atoms with Crippen molar-refractivity contribution >= 4 is 22.1 Å². The number of carbonyl (C=O) groups is 1. The Labute approximate surface area is 163 Å². The largest absolute Gasteiger partial charge is 0.489 e. The maximum atomic E-state index is 12.8. The summed E-state index contributed by atoms with van der Waals surface area (Å²) in [6.45, 7) is 1.91. The van der Waals surface area contributed by atoms with Gasteiger partial charge >= 0.3 is 5.97 Å². The van der Waals surface area contributed by atoms with Crippen molar-refractivity contribution in [3.05, 3.63) is 65.2 Å². The van der Waals surface area contributed by atoms with E-state index in [1.165, 1.54) is 6.08 Å². The molecule has 1 heterocycles. The van der Waals surface area contributed by atoms with Gasteiger partial charge in [-0.1, -0.05) is 35.9 Å². The third-order valence-corrected chi connectivity index (χ3v) is 6.85. The Morgan fingerprint density at radius 3 is 2.64 bits per heavy atom. The number of hydrogen-bond acceptors (Lipinski definition) is 4. The zero-order valence-corrected chi connectivity index (χ0v) is 16.1. The Bertz CT molecular complexity index is 1040. The number of para-hydroxylation sites is 1. The lowest BCUT2D eigenvalue weighted by Gasteiger charge is -2.19. The molecule has 2 N–H and O–H groups in total. The van der Waals surface area contributed by atoms with Crippen molar-refractivity contribution in [3.8, 4) is 5.75 Å². The molecule has 2 aromatic carbocycles. The summed E-state index contributed by atoms with van der Waals surface area (Å²) < 4.78 is 34.6. The molecule has 2 aromatic rings. The second kappa shape index (κ2) is 7.07. The van der Waals surface area contributed by atoms with Gasteiger partial charge in [0.1, 0.15) is 11.9 Å². The SMILES string of the molecule is Cc1ccc(S(=O)(=O)NC2CCC3Oc4c(C=CC(=O)O)cccc4C23)cc1. The lowest BCUT2D eigenvalue weighted by molar-refractivity contribution is -0.131. The van der Waals surface area contributed by atoms with Gasteiger partial charge in [-0.15, -0.1) is 0 Å². The van der Waals surface area contributed by atoms with Crippen molar-refractivity contribution in [2.75, 3.05) is 0 Å². The van der Waals surface area contributed by atoms with Crippen molar-refractivity contribution in [2.45, 2.75) is 42.7 Å². The average molecular weight is 399 g/mol. The molecule has 1 saturated carbocycles. The van der Waals surface area contributed by atoms with E-state index in [2.05, 4.69) is 4.72 Å². The molecule has 0 radical (unpaired) electrons. The number of aliphatic carboxylic acids is 1. The third-order valence-electron chi connectivity index (χ3n) is 5.34. The van der Waals surface area contributed by atoms with Crippen LogP contribution in [0.25, 0.3) is 6.08 Å². The van der Waals surface area contributed by atoms with Crippen LogP contribution < -0.4 is 9.46 Å². The molecule has 0 spiro atoms. The highest BCUT2D eigenvalue weighted by Gasteiger charge is 2.46. The molecule has 1 aliphatic carbocycles. The minimum Gasteiger partial charge on any atom is -0.489 e. The van der Waals surface area contributed by atoms with Crippen LogP contribution in [0.3, 0.4) is 0 Å². The van der Waals surface area contributed by atoms with Crippen LogP contribution in [0.1, 0.15) is 35.4 Å². The summed E-state index contributed by atoms with van der Waals surface area (Å²) >= 11 is 0. The van der Waals surface area contributed by atoms with E-state index in [-0.39, 0.29) is 23.0 Å². The number of hydrogen-bond donors (Lipinski definition) is 2. The van der Waals surface area contributed by atoms with Gasteiger partial charge in [0, 0.05) is 29.2 Å². The summed E-state index contributed by atoms with van der Waals surface area (Å²) in [7, 11) is -3.63. The normalized spacial score (nSPS) is 23.4. The molecule has 6 nitrogen and oxygen atoms in total.